The van der Waals surface area contributed by atoms with Crippen molar-refractivity contribution in [2.24, 2.45) is 5.84 Å². The van der Waals surface area contributed by atoms with Gasteiger partial charge in [-0.15, -0.1) is 0 Å². The van der Waals surface area contributed by atoms with Crippen LogP contribution in [0.3, 0.4) is 0 Å². The largest absolute Gasteiger partial charge is 0.290 e. The first-order chi connectivity index (χ1) is 9.15. The predicted octanol–water partition coefficient (Wildman–Crippen LogP) is 1.87. The lowest BCUT2D eigenvalue weighted by Gasteiger charge is -2.07. The summed E-state index contributed by atoms with van der Waals surface area (Å²) in [5, 5.41) is 11.2. The lowest BCUT2D eigenvalue weighted by atomic mass is 10.00. The zero-order valence-electron chi connectivity index (χ0n) is 9.87. The highest BCUT2D eigenvalue weighted by Crippen LogP contribution is 2.32. The molecule has 0 heterocycles. The van der Waals surface area contributed by atoms with Crippen LogP contribution < -0.4 is 11.3 Å². The van der Waals surface area contributed by atoms with Crippen LogP contribution >= 0.6 is 0 Å². The first kappa shape index (κ1) is 12.7. The second-order valence-corrected chi connectivity index (χ2v) is 3.80. The molecule has 2 aromatic rings. The minimum absolute atomic E-state index is 0.0612. The first-order valence-electron chi connectivity index (χ1n) is 5.49. The van der Waals surface area contributed by atoms with Crippen LogP contribution in [0.4, 0.5) is 5.69 Å². The molecular formula is C13H11N3O3. The fraction of sp³-hybridized carbons (Fsp3) is 0. The quantitative estimate of drug-likeness (QED) is 0.379. The minimum atomic E-state index is -0.690. The van der Waals surface area contributed by atoms with E-state index in [4.69, 9.17) is 5.84 Å². The Bertz CT molecular complexity index is 626. The Morgan fingerprint density at radius 3 is 2.37 bits per heavy atom. The van der Waals surface area contributed by atoms with E-state index in [1.54, 1.807) is 36.4 Å². The van der Waals surface area contributed by atoms with Crippen LogP contribution in [0.15, 0.2) is 48.5 Å². The van der Waals surface area contributed by atoms with Gasteiger partial charge in [-0.2, -0.15) is 0 Å². The normalized spacial score (nSPS) is 9.95. The highest BCUT2D eigenvalue weighted by atomic mass is 16.6. The minimum Gasteiger partial charge on any atom is -0.290 e. The molecule has 0 aliphatic carbocycles. The van der Waals surface area contributed by atoms with Crippen molar-refractivity contribution in [2.75, 3.05) is 0 Å². The summed E-state index contributed by atoms with van der Waals surface area (Å²) in [6.45, 7) is 0. The van der Waals surface area contributed by atoms with Gasteiger partial charge < -0.3 is 0 Å². The summed E-state index contributed by atoms with van der Waals surface area (Å²) < 4.78 is 0. The lowest BCUT2D eigenvalue weighted by molar-refractivity contribution is -0.384. The third-order valence-corrected chi connectivity index (χ3v) is 2.68. The van der Waals surface area contributed by atoms with Gasteiger partial charge in [0.25, 0.3) is 11.6 Å². The van der Waals surface area contributed by atoms with E-state index in [0.717, 1.165) is 0 Å². The molecule has 0 aromatic heterocycles. The smallest absolute Gasteiger partial charge is 0.289 e. The standard InChI is InChI=1S/C13H11N3O3/c14-15-13(17)11-8-4-7-10(12(11)16(18)19)9-5-2-1-3-6-9/h1-8H,14H2,(H,15,17). The molecule has 3 N–H and O–H groups in total. The maximum absolute atomic E-state index is 11.6. The van der Waals surface area contributed by atoms with Crippen LogP contribution in [0, 0.1) is 10.1 Å². The predicted molar refractivity (Wildman–Crippen MR) is 70.2 cm³/mol. The number of benzene rings is 2. The average Bonchev–Trinajstić information content (AvgIpc) is 2.46. The van der Waals surface area contributed by atoms with Crippen molar-refractivity contribution in [3.05, 3.63) is 64.2 Å². The summed E-state index contributed by atoms with van der Waals surface area (Å²) in [5.74, 6) is 4.35. The van der Waals surface area contributed by atoms with Gasteiger partial charge >= 0.3 is 0 Å². The van der Waals surface area contributed by atoms with Crippen LogP contribution in [-0.4, -0.2) is 10.8 Å². The highest BCUT2D eigenvalue weighted by molar-refractivity contribution is 6.00. The molecule has 0 radical (unpaired) electrons. The maximum atomic E-state index is 11.6. The molecule has 2 rings (SSSR count). The second kappa shape index (κ2) is 5.28. The molecule has 0 aliphatic rings. The Morgan fingerprint density at radius 1 is 1.11 bits per heavy atom. The topological polar surface area (TPSA) is 98.3 Å². The van der Waals surface area contributed by atoms with E-state index in [0.29, 0.717) is 11.1 Å². The van der Waals surface area contributed by atoms with Crippen LogP contribution in [-0.2, 0) is 0 Å². The Morgan fingerprint density at radius 2 is 1.79 bits per heavy atom. The summed E-state index contributed by atoms with van der Waals surface area (Å²) >= 11 is 0. The molecule has 0 fully saturated rings. The molecule has 96 valence electrons. The lowest BCUT2D eigenvalue weighted by Crippen LogP contribution is -2.30. The van der Waals surface area contributed by atoms with Gasteiger partial charge in [0.15, 0.2) is 0 Å². The molecule has 6 heteroatoms. The molecular weight excluding hydrogens is 246 g/mol. The van der Waals surface area contributed by atoms with Crippen molar-refractivity contribution in [3.63, 3.8) is 0 Å². The van der Waals surface area contributed by atoms with Gasteiger partial charge in [-0.05, 0) is 17.7 Å². The SMILES string of the molecule is NNC(=O)c1cccc(-c2ccccc2)c1[N+](=O)[O-]. The monoisotopic (exact) mass is 257 g/mol. The van der Waals surface area contributed by atoms with Crippen LogP contribution in [0.25, 0.3) is 11.1 Å². The van der Waals surface area contributed by atoms with Crippen LogP contribution in [0.2, 0.25) is 0 Å². The molecule has 0 aliphatic heterocycles. The average molecular weight is 257 g/mol. The number of nitro groups is 1. The van der Waals surface area contributed by atoms with E-state index in [1.807, 2.05) is 11.5 Å². The third-order valence-electron chi connectivity index (χ3n) is 2.68. The molecule has 1 amide bonds. The number of carbonyl (C=O) groups excluding carboxylic acids is 1. The van der Waals surface area contributed by atoms with Crippen molar-refractivity contribution in [1.29, 1.82) is 0 Å². The number of nitrogen functional groups attached to an aromatic ring is 1. The first-order valence-corrected chi connectivity index (χ1v) is 5.49. The van der Waals surface area contributed by atoms with Gasteiger partial charge in [0.2, 0.25) is 0 Å². The fourth-order valence-electron chi connectivity index (χ4n) is 1.85. The number of carbonyl (C=O) groups is 1. The molecule has 0 unspecified atom stereocenters. The van der Waals surface area contributed by atoms with E-state index < -0.39 is 10.8 Å². The number of hydrogen-bond donors (Lipinski definition) is 2. The van der Waals surface area contributed by atoms with Crippen molar-refractivity contribution in [2.45, 2.75) is 0 Å². The number of nitrogens with zero attached hydrogens (tertiary/aromatic N) is 1. The number of hydrazine groups is 1. The number of rotatable bonds is 3. The summed E-state index contributed by atoms with van der Waals surface area (Å²) in [7, 11) is 0. The fourth-order valence-corrected chi connectivity index (χ4v) is 1.85. The van der Waals surface area contributed by atoms with Crippen molar-refractivity contribution >= 4 is 11.6 Å². The number of para-hydroxylation sites is 1. The number of nitrogens with one attached hydrogen (secondary N) is 1. The van der Waals surface area contributed by atoms with E-state index in [1.165, 1.54) is 6.07 Å². The van der Waals surface area contributed by atoms with Crippen LogP contribution in [0.5, 0.6) is 0 Å². The van der Waals surface area contributed by atoms with Gasteiger partial charge in [0.05, 0.1) is 10.5 Å². The van der Waals surface area contributed by atoms with Crippen molar-refractivity contribution in [3.8, 4) is 11.1 Å². The molecule has 0 atom stereocenters. The summed E-state index contributed by atoms with van der Waals surface area (Å²) in [5.41, 5.74) is 2.65. The third kappa shape index (κ3) is 2.43. The molecule has 0 bridgehead atoms. The maximum Gasteiger partial charge on any atom is 0.289 e. The van der Waals surface area contributed by atoms with Gasteiger partial charge in [-0.25, -0.2) is 5.84 Å². The van der Waals surface area contributed by atoms with Crippen LogP contribution in [0.1, 0.15) is 10.4 Å². The zero-order valence-corrected chi connectivity index (χ0v) is 9.87. The molecule has 19 heavy (non-hydrogen) atoms. The molecule has 2 aromatic carbocycles. The van der Waals surface area contributed by atoms with Crippen molar-refractivity contribution < 1.29 is 9.72 Å². The second-order valence-electron chi connectivity index (χ2n) is 3.80. The van der Waals surface area contributed by atoms with Gasteiger partial charge in [-0.3, -0.25) is 20.3 Å². The number of nitrogens with two attached hydrogens (primary N) is 1. The Balaban J connectivity index is 2.69. The van der Waals surface area contributed by atoms with Gasteiger partial charge in [0, 0.05) is 0 Å². The Labute approximate surface area is 109 Å². The summed E-state index contributed by atoms with van der Waals surface area (Å²) in [6, 6.07) is 13.4. The Hall–Kier alpha value is -2.73. The summed E-state index contributed by atoms with van der Waals surface area (Å²) in [6.07, 6.45) is 0. The molecule has 0 saturated carbocycles. The van der Waals surface area contributed by atoms with Gasteiger partial charge in [0.1, 0.15) is 5.56 Å². The number of hydrogen-bond acceptors (Lipinski definition) is 4. The van der Waals surface area contributed by atoms with Crippen molar-refractivity contribution in [1.82, 2.24) is 5.43 Å². The Kier molecular flexibility index (Phi) is 3.53. The van der Waals surface area contributed by atoms with E-state index in [-0.39, 0.29) is 11.3 Å². The molecule has 0 saturated heterocycles. The summed E-state index contributed by atoms with van der Waals surface area (Å²) in [4.78, 5) is 22.2. The van der Waals surface area contributed by atoms with E-state index in [9.17, 15) is 14.9 Å². The highest BCUT2D eigenvalue weighted by Gasteiger charge is 2.24. The number of amides is 1. The van der Waals surface area contributed by atoms with E-state index >= 15 is 0 Å². The zero-order chi connectivity index (χ0) is 13.8. The molecule has 0 spiro atoms. The molecule has 6 nitrogen and oxygen atoms in total. The van der Waals surface area contributed by atoms with Gasteiger partial charge in [-0.1, -0.05) is 36.4 Å². The van der Waals surface area contributed by atoms with E-state index in [2.05, 4.69) is 0 Å². The number of nitro benzene ring substituents is 1.